The highest BCUT2D eigenvalue weighted by atomic mass is 32.1. The molecule has 3 aromatic heterocycles. The van der Waals surface area contributed by atoms with Crippen molar-refractivity contribution in [3.8, 4) is 10.6 Å². The molecule has 0 bridgehead atoms. The first-order valence-corrected chi connectivity index (χ1v) is 7.82. The second-order valence-electron chi connectivity index (χ2n) is 5.51. The van der Waals surface area contributed by atoms with Crippen molar-refractivity contribution < 1.29 is 13.2 Å². The van der Waals surface area contributed by atoms with Crippen molar-refractivity contribution >= 4 is 22.4 Å². The number of nitrogens with zero attached hydrogens (tertiary/aromatic N) is 3. The molecule has 7 heteroatoms. The quantitative estimate of drug-likeness (QED) is 0.690. The Morgan fingerprint density at radius 3 is 2.68 bits per heavy atom. The number of rotatable bonds is 2. The lowest BCUT2D eigenvalue weighted by molar-refractivity contribution is -0.136. The normalized spacial score (nSPS) is 15.6. The minimum absolute atomic E-state index is 0.138. The van der Waals surface area contributed by atoms with Crippen LogP contribution in [0.25, 0.3) is 21.6 Å². The maximum Gasteiger partial charge on any atom is 0.417 e. The molecule has 1 fully saturated rings. The molecule has 0 spiro atoms. The number of fused-ring (bicyclic) bond motifs is 1. The Balaban J connectivity index is 2.06. The molecule has 0 unspecified atom stereocenters. The van der Waals surface area contributed by atoms with E-state index in [1.165, 1.54) is 16.0 Å². The molecule has 0 aliphatic heterocycles. The van der Waals surface area contributed by atoms with Crippen molar-refractivity contribution in [1.82, 2.24) is 14.8 Å². The van der Waals surface area contributed by atoms with Gasteiger partial charge in [-0.05, 0) is 30.4 Å². The maximum absolute atomic E-state index is 13.6. The lowest BCUT2D eigenvalue weighted by atomic mass is 10.1. The van der Waals surface area contributed by atoms with Gasteiger partial charge in [-0.1, -0.05) is 6.07 Å². The van der Waals surface area contributed by atoms with Gasteiger partial charge in [-0.3, -0.25) is 4.68 Å². The van der Waals surface area contributed by atoms with Crippen LogP contribution in [0.1, 0.15) is 30.0 Å². The summed E-state index contributed by atoms with van der Waals surface area (Å²) in [6.45, 7) is 0. The molecule has 114 valence electrons. The van der Waals surface area contributed by atoms with Crippen molar-refractivity contribution in [2.75, 3.05) is 0 Å². The highest BCUT2D eigenvalue weighted by Crippen LogP contribution is 2.46. The number of thiophene rings is 1. The van der Waals surface area contributed by atoms with E-state index < -0.39 is 11.7 Å². The third kappa shape index (κ3) is 2.11. The Kier molecular flexibility index (Phi) is 2.84. The van der Waals surface area contributed by atoms with Gasteiger partial charge >= 0.3 is 6.18 Å². The van der Waals surface area contributed by atoms with Gasteiger partial charge in [0.15, 0.2) is 5.65 Å². The molecule has 4 rings (SSSR count). The number of aromatic nitrogens is 3. The van der Waals surface area contributed by atoms with Crippen molar-refractivity contribution in [3.05, 3.63) is 34.8 Å². The predicted molar refractivity (Wildman–Crippen MR) is 78.8 cm³/mol. The second-order valence-corrected chi connectivity index (χ2v) is 6.46. The Morgan fingerprint density at radius 2 is 2.09 bits per heavy atom. The van der Waals surface area contributed by atoms with Crippen LogP contribution in [0.15, 0.2) is 23.6 Å². The average molecular weight is 323 g/mol. The third-order valence-corrected chi connectivity index (χ3v) is 4.76. The Hall–Kier alpha value is -1.89. The van der Waals surface area contributed by atoms with E-state index >= 15 is 0 Å². The topological polar surface area (TPSA) is 30.7 Å². The molecule has 0 aromatic carbocycles. The molecule has 1 aliphatic carbocycles. The van der Waals surface area contributed by atoms with Crippen LogP contribution >= 0.6 is 11.3 Å². The van der Waals surface area contributed by atoms with Crippen molar-refractivity contribution in [3.63, 3.8) is 0 Å². The van der Waals surface area contributed by atoms with E-state index in [0.717, 1.165) is 23.8 Å². The van der Waals surface area contributed by atoms with Crippen molar-refractivity contribution in [2.45, 2.75) is 24.9 Å². The molecular formula is C15H12F3N3S. The summed E-state index contributed by atoms with van der Waals surface area (Å²) in [7, 11) is 1.65. The Labute approximate surface area is 128 Å². The van der Waals surface area contributed by atoms with Gasteiger partial charge in [-0.25, -0.2) is 4.98 Å². The smallest absolute Gasteiger partial charge is 0.250 e. The SMILES string of the molecule is Cn1nc(C2CC2)c2c(C(F)(F)F)cc(-c3cccs3)nc21. The lowest BCUT2D eigenvalue weighted by Crippen LogP contribution is -2.07. The molecule has 0 atom stereocenters. The summed E-state index contributed by atoms with van der Waals surface area (Å²) in [4.78, 5) is 5.16. The molecule has 0 amide bonds. The number of hydrogen-bond donors (Lipinski definition) is 0. The summed E-state index contributed by atoms with van der Waals surface area (Å²) in [5, 5.41) is 6.30. The van der Waals surface area contributed by atoms with Gasteiger partial charge in [-0.15, -0.1) is 11.3 Å². The molecule has 3 aromatic rings. The van der Waals surface area contributed by atoms with E-state index in [9.17, 15) is 13.2 Å². The van der Waals surface area contributed by atoms with Gasteiger partial charge in [0.2, 0.25) is 0 Å². The number of halogens is 3. The number of alkyl halides is 3. The number of pyridine rings is 1. The van der Waals surface area contributed by atoms with Gasteiger partial charge < -0.3 is 0 Å². The van der Waals surface area contributed by atoms with E-state index in [0.29, 0.717) is 17.0 Å². The summed E-state index contributed by atoms with van der Waals surface area (Å²) in [6.07, 6.45) is -2.62. The Bertz CT molecular complexity index is 845. The summed E-state index contributed by atoms with van der Waals surface area (Å²) in [5.41, 5.74) is 0.561. The zero-order chi connectivity index (χ0) is 15.5. The van der Waals surface area contributed by atoms with Crippen LogP contribution in [0, 0.1) is 0 Å². The fourth-order valence-electron chi connectivity index (χ4n) is 2.69. The minimum atomic E-state index is -4.42. The first-order chi connectivity index (χ1) is 10.4. The van der Waals surface area contributed by atoms with Crippen molar-refractivity contribution in [2.24, 2.45) is 7.05 Å². The first-order valence-electron chi connectivity index (χ1n) is 6.94. The van der Waals surface area contributed by atoms with Crippen LogP contribution in [-0.4, -0.2) is 14.8 Å². The van der Waals surface area contributed by atoms with Gasteiger partial charge in [0, 0.05) is 13.0 Å². The number of hydrogen-bond acceptors (Lipinski definition) is 3. The highest BCUT2D eigenvalue weighted by Gasteiger charge is 2.39. The molecular weight excluding hydrogens is 311 g/mol. The van der Waals surface area contributed by atoms with Crippen LogP contribution in [0.5, 0.6) is 0 Å². The van der Waals surface area contributed by atoms with E-state index in [1.807, 2.05) is 5.38 Å². The van der Waals surface area contributed by atoms with E-state index in [2.05, 4.69) is 10.1 Å². The van der Waals surface area contributed by atoms with Gasteiger partial charge in [0.25, 0.3) is 0 Å². The zero-order valence-electron chi connectivity index (χ0n) is 11.7. The largest absolute Gasteiger partial charge is 0.417 e. The summed E-state index contributed by atoms with van der Waals surface area (Å²) < 4.78 is 42.1. The summed E-state index contributed by atoms with van der Waals surface area (Å²) in [6, 6.07) is 4.73. The van der Waals surface area contributed by atoms with E-state index in [-0.39, 0.29) is 11.3 Å². The first kappa shape index (κ1) is 13.8. The maximum atomic E-state index is 13.6. The highest BCUT2D eigenvalue weighted by molar-refractivity contribution is 7.13. The van der Waals surface area contributed by atoms with Crippen LogP contribution < -0.4 is 0 Å². The van der Waals surface area contributed by atoms with Crippen LogP contribution in [0.3, 0.4) is 0 Å². The third-order valence-electron chi connectivity index (χ3n) is 3.86. The molecule has 0 N–H and O–H groups in total. The second kappa shape index (κ2) is 4.55. The van der Waals surface area contributed by atoms with Crippen LogP contribution in [0.2, 0.25) is 0 Å². The zero-order valence-corrected chi connectivity index (χ0v) is 12.5. The Morgan fingerprint density at radius 1 is 1.32 bits per heavy atom. The lowest BCUT2D eigenvalue weighted by Gasteiger charge is -2.11. The molecule has 1 aliphatic rings. The number of aryl methyl sites for hydroxylation is 1. The van der Waals surface area contributed by atoms with E-state index in [4.69, 9.17) is 0 Å². The molecule has 22 heavy (non-hydrogen) atoms. The van der Waals surface area contributed by atoms with Crippen LogP contribution in [-0.2, 0) is 13.2 Å². The monoisotopic (exact) mass is 323 g/mol. The molecule has 0 radical (unpaired) electrons. The standard InChI is InChI=1S/C15H12F3N3S/c1-21-14-12(13(20-21)8-4-5-8)9(15(16,17)18)7-10(19-14)11-3-2-6-22-11/h2-3,6-8H,4-5H2,1H3. The molecule has 3 heterocycles. The molecule has 3 nitrogen and oxygen atoms in total. The predicted octanol–water partition coefficient (Wildman–Crippen LogP) is 4.59. The van der Waals surface area contributed by atoms with E-state index in [1.54, 1.807) is 19.2 Å². The molecule has 1 saturated carbocycles. The van der Waals surface area contributed by atoms with Crippen molar-refractivity contribution in [1.29, 1.82) is 0 Å². The van der Waals surface area contributed by atoms with Crippen LogP contribution in [0.4, 0.5) is 13.2 Å². The minimum Gasteiger partial charge on any atom is -0.250 e. The fourth-order valence-corrected chi connectivity index (χ4v) is 3.38. The summed E-state index contributed by atoms with van der Waals surface area (Å²) >= 11 is 1.38. The van der Waals surface area contributed by atoms with Gasteiger partial charge in [-0.2, -0.15) is 18.3 Å². The van der Waals surface area contributed by atoms with Gasteiger partial charge in [0.1, 0.15) is 0 Å². The fraction of sp³-hybridized carbons (Fsp3) is 0.333. The summed E-state index contributed by atoms with van der Waals surface area (Å²) in [5.74, 6) is 0.138. The average Bonchev–Trinajstić information content (AvgIpc) is 3.05. The molecule has 0 saturated heterocycles. The van der Waals surface area contributed by atoms with Gasteiger partial charge in [0.05, 0.1) is 27.2 Å².